The molecule has 0 saturated carbocycles. The fourth-order valence-electron chi connectivity index (χ4n) is 4.10. The smallest absolute Gasteiger partial charge is 0.0401 e. The third-order valence-corrected chi connectivity index (χ3v) is 5.43. The quantitative estimate of drug-likeness (QED) is 0.894. The molecule has 2 N–H and O–H groups in total. The summed E-state index contributed by atoms with van der Waals surface area (Å²) in [6.07, 6.45) is 10.3. The fraction of sp³-hybridized carbons (Fsp3) is 0.684. The van der Waals surface area contributed by atoms with Crippen LogP contribution < -0.4 is 10.6 Å². The molecular weight excluding hydrogens is 292 g/mol. The topological polar surface area (TPSA) is 29.3 Å². The molecule has 1 aromatic rings. The molecule has 1 fully saturated rings. The number of nitrogens with zero attached hydrogens (tertiary/aromatic N) is 1. The molecule has 2 atom stereocenters. The van der Waals surface area contributed by atoms with E-state index in [9.17, 15) is 0 Å². The van der Waals surface area contributed by atoms with E-state index in [1.165, 1.54) is 50.6 Å². The van der Waals surface area contributed by atoms with Crippen LogP contribution in [0, 0.1) is 5.92 Å². The summed E-state index contributed by atoms with van der Waals surface area (Å²) in [6.45, 7) is 4.58. The van der Waals surface area contributed by atoms with Crippen LogP contribution in [0.3, 0.4) is 0 Å². The van der Waals surface area contributed by atoms with Crippen LogP contribution in [0.2, 0.25) is 0 Å². The van der Waals surface area contributed by atoms with E-state index in [1.807, 2.05) is 0 Å². The minimum Gasteiger partial charge on any atom is -0.371 e. The third kappa shape index (κ3) is 3.78. The van der Waals surface area contributed by atoms with E-state index < -0.39 is 0 Å². The Morgan fingerprint density at radius 1 is 1.23 bits per heavy atom. The number of nitrogens with two attached hydrogens (primary N) is 1. The van der Waals surface area contributed by atoms with Gasteiger partial charge in [-0.1, -0.05) is 31.9 Å². The van der Waals surface area contributed by atoms with E-state index >= 15 is 0 Å². The van der Waals surface area contributed by atoms with E-state index in [0.717, 1.165) is 19.5 Å². The summed E-state index contributed by atoms with van der Waals surface area (Å²) in [6, 6.07) is 7.35. The lowest BCUT2D eigenvalue weighted by Crippen LogP contribution is -2.47. The maximum atomic E-state index is 6.37. The summed E-state index contributed by atoms with van der Waals surface area (Å²) >= 11 is 0. The molecule has 0 bridgehead atoms. The largest absolute Gasteiger partial charge is 0.371 e. The predicted octanol–water partition coefficient (Wildman–Crippen LogP) is 4.33. The van der Waals surface area contributed by atoms with Crippen LogP contribution in [0.5, 0.6) is 0 Å². The lowest BCUT2D eigenvalue weighted by molar-refractivity contribution is 0.330. The van der Waals surface area contributed by atoms with Gasteiger partial charge in [-0.2, -0.15) is 0 Å². The van der Waals surface area contributed by atoms with E-state index in [2.05, 4.69) is 30.0 Å². The molecule has 0 amide bonds. The molecule has 0 radical (unpaired) electrons. The first-order valence-electron chi connectivity index (χ1n) is 8.91. The molecular formula is C19H31ClN2. The number of hydrogen-bond donors (Lipinski definition) is 1. The Labute approximate surface area is 141 Å². The first-order chi connectivity index (χ1) is 10.3. The Morgan fingerprint density at radius 2 is 2.05 bits per heavy atom. The molecule has 1 aliphatic carbocycles. The van der Waals surface area contributed by atoms with Crippen LogP contribution >= 0.6 is 12.4 Å². The monoisotopic (exact) mass is 322 g/mol. The van der Waals surface area contributed by atoms with Crippen LogP contribution in [0.25, 0.3) is 0 Å². The van der Waals surface area contributed by atoms with Gasteiger partial charge in [-0.3, -0.25) is 0 Å². The molecule has 1 saturated heterocycles. The minimum atomic E-state index is 0. The lowest BCUT2D eigenvalue weighted by atomic mass is 9.86. The van der Waals surface area contributed by atoms with E-state index in [-0.39, 0.29) is 12.4 Å². The van der Waals surface area contributed by atoms with Gasteiger partial charge >= 0.3 is 0 Å². The third-order valence-electron chi connectivity index (χ3n) is 5.43. The number of anilines is 1. The Hall–Kier alpha value is -0.730. The Morgan fingerprint density at radius 3 is 2.86 bits per heavy atom. The van der Waals surface area contributed by atoms with Crippen LogP contribution in [0.1, 0.15) is 56.6 Å². The highest BCUT2D eigenvalue weighted by molar-refractivity contribution is 5.85. The van der Waals surface area contributed by atoms with Gasteiger partial charge in [0.1, 0.15) is 0 Å². The zero-order valence-electron chi connectivity index (χ0n) is 13.9. The van der Waals surface area contributed by atoms with Crippen molar-refractivity contribution in [2.24, 2.45) is 11.7 Å². The second kappa shape index (κ2) is 8.21. The molecule has 2 aliphatic rings. The standard InChI is InChI=1S/C19H30N2.ClH/c1-2-3-7-16-14-21(13-12-18(16)20)19-11-6-9-15-8-4-5-10-17(15)19;/h6,9,11,16,18H,2-5,7-8,10,12-14,20H2,1H3;1H/t16-,18+;/m0./s1. The molecule has 1 aromatic carbocycles. The number of halogens is 1. The van der Waals surface area contributed by atoms with Gasteiger partial charge in [-0.25, -0.2) is 0 Å². The molecule has 3 rings (SSSR count). The molecule has 1 heterocycles. The number of benzene rings is 1. The Kier molecular flexibility index (Phi) is 6.58. The number of piperidine rings is 1. The maximum Gasteiger partial charge on any atom is 0.0401 e. The summed E-state index contributed by atoms with van der Waals surface area (Å²) in [5, 5.41) is 0. The van der Waals surface area contributed by atoms with Gasteiger partial charge in [-0.05, 0) is 61.6 Å². The average molecular weight is 323 g/mol. The Bertz CT molecular complexity index is 475. The molecule has 2 nitrogen and oxygen atoms in total. The van der Waals surface area contributed by atoms with Crippen LogP contribution in [-0.2, 0) is 12.8 Å². The van der Waals surface area contributed by atoms with Crippen LogP contribution in [0.4, 0.5) is 5.69 Å². The first-order valence-corrected chi connectivity index (χ1v) is 8.91. The van der Waals surface area contributed by atoms with Crippen LogP contribution in [0.15, 0.2) is 18.2 Å². The molecule has 124 valence electrons. The fourth-order valence-corrected chi connectivity index (χ4v) is 4.10. The normalized spacial score (nSPS) is 24.5. The highest BCUT2D eigenvalue weighted by Gasteiger charge is 2.28. The van der Waals surface area contributed by atoms with Crippen molar-refractivity contribution in [3.8, 4) is 0 Å². The predicted molar refractivity (Wildman–Crippen MR) is 98.2 cm³/mol. The van der Waals surface area contributed by atoms with Gasteiger partial charge < -0.3 is 10.6 Å². The maximum absolute atomic E-state index is 6.37. The number of hydrogen-bond acceptors (Lipinski definition) is 2. The average Bonchev–Trinajstić information content (AvgIpc) is 2.54. The van der Waals surface area contributed by atoms with Crippen molar-refractivity contribution in [2.45, 2.75) is 64.3 Å². The highest BCUT2D eigenvalue weighted by Crippen LogP contribution is 2.33. The number of unbranched alkanes of at least 4 members (excludes halogenated alkanes) is 1. The number of rotatable bonds is 4. The van der Waals surface area contributed by atoms with Crippen LogP contribution in [-0.4, -0.2) is 19.1 Å². The summed E-state index contributed by atoms with van der Waals surface area (Å²) in [5.41, 5.74) is 11.1. The second-order valence-electron chi connectivity index (χ2n) is 6.92. The SMILES string of the molecule is CCCC[C@H]1CN(c2cccc3c2CCCC3)CC[C@H]1N.Cl. The number of aryl methyl sites for hydroxylation is 1. The summed E-state index contributed by atoms with van der Waals surface area (Å²) in [5.74, 6) is 0.679. The van der Waals surface area contributed by atoms with E-state index in [4.69, 9.17) is 5.73 Å². The summed E-state index contributed by atoms with van der Waals surface area (Å²) in [4.78, 5) is 2.63. The van der Waals surface area contributed by atoms with Crippen molar-refractivity contribution in [1.82, 2.24) is 0 Å². The van der Waals surface area contributed by atoms with E-state index in [0.29, 0.717) is 12.0 Å². The lowest BCUT2D eigenvalue weighted by Gasteiger charge is -2.40. The summed E-state index contributed by atoms with van der Waals surface area (Å²) < 4.78 is 0. The molecule has 3 heteroatoms. The van der Waals surface area contributed by atoms with Crippen molar-refractivity contribution in [2.75, 3.05) is 18.0 Å². The number of fused-ring (bicyclic) bond motifs is 1. The van der Waals surface area contributed by atoms with Crippen molar-refractivity contribution in [1.29, 1.82) is 0 Å². The van der Waals surface area contributed by atoms with Gasteiger partial charge in [0.05, 0.1) is 0 Å². The van der Waals surface area contributed by atoms with Gasteiger partial charge in [-0.15, -0.1) is 12.4 Å². The molecule has 22 heavy (non-hydrogen) atoms. The van der Waals surface area contributed by atoms with Gasteiger partial charge in [0.25, 0.3) is 0 Å². The van der Waals surface area contributed by atoms with Crippen molar-refractivity contribution in [3.63, 3.8) is 0 Å². The zero-order chi connectivity index (χ0) is 14.7. The minimum absolute atomic E-state index is 0. The van der Waals surface area contributed by atoms with Gasteiger partial charge in [0.2, 0.25) is 0 Å². The van der Waals surface area contributed by atoms with Crippen molar-refractivity contribution in [3.05, 3.63) is 29.3 Å². The Balaban J connectivity index is 0.00000176. The molecule has 0 aromatic heterocycles. The summed E-state index contributed by atoms with van der Waals surface area (Å²) in [7, 11) is 0. The second-order valence-corrected chi connectivity index (χ2v) is 6.92. The van der Waals surface area contributed by atoms with Gasteiger partial charge in [0.15, 0.2) is 0 Å². The highest BCUT2D eigenvalue weighted by atomic mass is 35.5. The van der Waals surface area contributed by atoms with E-state index in [1.54, 1.807) is 11.1 Å². The molecule has 0 unspecified atom stereocenters. The van der Waals surface area contributed by atoms with Crippen molar-refractivity contribution >= 4 is 18.1 Å². The van der Waals surface area contributed by atoms with Gasteiger partial charge in [0, 0.05) is 24.8 Å². The zero-order valence-corrected chi connectivity index (χ0v) is 14.7. The van der Waals surface area contributed by atoms with Crippen molar-refractivity contribution < 1.29 is 0 Å². The molecule has 0 spiro atoms. The molecule has 1 aliphatic heterocycles. The first kappa shape index (κ1) is 17.6.